The minimum Gasteiger partial charge on any atom is -0.381 e. The third kappa shape index (κ3) is 5.15. The van der Waals surface area contributed by atoms with Crippen LogP contribution in [0, 0.1) is 11.8 Å². The fourth-order valence-electron chi connectivity index (χ4n) is 5.25. The van der Waals surface area contributed by atoms with Gasteiger partial charge in [-0.05, 0) is 56.2 Å². The lowest BCUT2D eigenvalue weighted by atomic mass is 9.79. The molecule has 0 aliphatic carbocycles. The minimum atomic E-state index is -0.228. The van der Waals surface area contributed by atoms with E-state index in [4.69, 9.17) is 4.74 Å². The molecule has 2 aliphatic heterocycles. The maximum atomic E-state index is 13.4. The van der Waals surface area contributed by atoms with Crippen LogP contribution in [0.1, 0.15) is 32.6 Å². The van der Waals surface area contributed by atoms with Crippen molar-refractivity contribution < 1.29 is 14.3 Å². The van der Waals surface area contributed by atoms with E-state index < -0.39 is 0 Å². The number of anilines is 1. The van der Waals surface area contributed by atoms with Crippen molar-refractivity contribution in [2.45, 2.75) is 38.6 Å². The molecule has 0 radical (unpaired) electrons. The van der Waals surface area contributed by atoms with Crippen LogP contribution < -0.4 is 5.32 Å². The largest absolute Gasteiger partial charge is 0.381 e. The summed E-state index contributed by atoms with van der Waals surface area (Å²) in [5.74, 6) is 0.695. The number of carbonyl (C=O) groups excluding carboxylic acids is 2. The van der Waals surface area contributed by atoms with E-state index in [9.17, 15) is 9.59 Å². The molecule has 7 nitrogen and oxygen atoms in total. The van der Waals surface area contributed by atoms with E-state index in [2.05, 4.69) is 10.4 Å². The first-order valence-corrected chi connectivity index (χ1v) is 12.5. The van der Waals surface area contributed by atoms with E-state index in [1.165, 1.54) is 0 Å². The maximum absolute atomic E-state index is 13.4. The van der Waals surface area contributed by atoms with Gasteiger partial charge in [0, 0.05) is 36.9 Å². The number of nitrogens with zero attached hydrogens (tertiary/aromatic N) is 3. The first kappa shape index (κ1) is 23.3. The highest BCUT2D eigenvalue weighted by molar-refractivity contribution is 5.97. The highest BCUT2D eigenvalue weighted by Crippen LogP contribution is 2.34. The third-order valence-corrected chi connectivity index (χ3v) is 7.25. The molecular formula is C28H32N4O3. The predicted octanol–water partition coefficient (Wildman–Crippen LogP) is 4.53. The molecule has 182 valence electrons. The number of piperidine rings is 1. The summed E-state index contributed by atoms with van der Waals surface area (Å²) in [4.78, 5) is 28.4. The van der Waals surface area contributed by atoms with Gasteiger partial charge in [-0.3, -0.25) is 9.59 Å². The van der Waals surface area contributed by atoms with Crippen LogP contribution in [0.25, 0.3) is 16.8 Å². The average molecular weight is 473 g/mol. The minimum absolute atomic E-state index is 0.0138. The molecule has 0 saturated carbocycles. The molecule has 2 amide bonds. The lowest BCUT2D eigenvalue weighted by Crippen LogP contribution is -2.51. The first-order valence-electron chi connectivity index (χ1n) is 12.5. The second-order valence-electron chi connectivity index (χ2n) is 9.53. The van der Waals surface area contributed by atoms with Gasteiger partial charge in [0.2, 0.25) is 11.8 Å². The Morgan fingerprint density at radius 2 is 1.69 bits per heavy atom. The monoisotopic (exact) mass is 472 g/mol. The Hall–Kier alpha value is -3.45. The maximum Gasteiger partial charge on any atom is 0.245 e. The summed E-state index contributed by atoms with van der Waals surface area (Å²) in [6.07, 6.45) is 5.57. The second kappa shape index (κ2) is 10.4. The normalized spacial score (nSPS) is 21.2. The van der Waals surface area contributed by atoms with Crippen LogP contribution in [0.5, 0.6) is 0 Å². The number of rotatable bonds is 6. The molecule has 0 spiro atoms. The molecule has 7 heteroatoms. The smallest absolute Gasteiger partial charge is 0.245 e. The third-order valence-electron chi connectivity index (χ3n) is 7.25. The zero-order chi connectivity index (χ0) is 24.2. The van der Waals surface area contributed by atoms with Crippen molar-refractivity contribution >= 4 is 17.6 Å². The van der Waals surface area contributed by atoms with E-state index in [1.54, 1.807) is 9.58 Å². The van der Waals surface area contributed by atoms with Crippen molar-refractivity contribution in [3.63, 3.8) is 0 Å². The number of hydrogen-bond acceptors (Lipinski definition) is 4. The predicted molar refractivity (Wildman–Crippen MR) is 135 cm³/mol. The van der Waals surface area contributed by atoms with Gasteiger partial charge in [-0.25, -0.2) is 4.68 Å². The standard InChI is InChI=1S/C28H32N4O3/c1-20-12-13-24(22-14-16-35-17-15-22)28(34)31(20)19-26(33)29-27-25(21-8-4-2-5-9-21)18-32(30-27)23-10-6-3-7-11-23/h2-11,18,20,22,24H,12-17,19H2,1H3,(H,29,30,33). The van der Waals surface area contributed by atoms with Gasteiger partial charge in [0.15, 0.2) is 5.82 Å². The van der Waals surface area contributed by atoms with Crippen LogP contribution in [0.4, 0.5) is 5.82 Å². The molecule has 3 heterocycles. The van der Waals surface area contributed by atoms with Crippen molar-refractivity contribution in [3.05, 3.63) is 66.9 Å². The van der Waals surface area contributed by atoms with Crippen molar-refractivity contribution in [2.75, 3.05) is 25.1 Å². The molecule has 2 atom stereocenters. The molecular weight excluding hydrogens is 440 g/mol. The van der Waals surface area contributed by atoms with Gasteiger partial charge in [0.1, 0.15) is 6.54 Å². The molecule has 2 unspecified atom stereocenters. The lowest BCUT2D eigenvalue weighted by Gasteiger charge is -2.41. The Balaban J connectivity index is 1.35. The highest BCUT2D eigenvalue weighted by atomic mass is 16.5. The fourth-order valence-corrected chi connectivity index (χ4v) is 5.25. The lowest BCUT2D eigenvalue weighted by molar-refractivity contribution is -0.147. The molecule has 2 saturated heterocycles. The quantitative estimate of drug-likeness (QED) is 0.572. The molecule has 2 aromatic carbocycles. The Morgan fingerprint density at radius 1 is 1.00 bits per heavy atom. The van der Waals surface area contributed by atoms with Crippen molar-refractivity contribution in [1.29, 1.82) is 0 Å². The van der Waals surface area contributed by atoms with Crippen LogP contribution in [-0.4, -0.2) is 52.3 Å². The molecule has 2 fully saturated rings. The molecule has 0 bridgehead atoms. The average Bonchev–Trinajstić information content (AvgIpc) is 3.32. The highest BCUT2D eigenvalue weighted by Gasteiger charge is 2.39. The molecule has 5 rings (SSSR count). The SMILES string of the molecule is CC1CCC(C2CCOCC2)C(=O)N1CC(=O)Nc1nn(-c2ccccc2)cc1-c1ccccc1. The molecule has 3 aromatic rings. The summed E-state index contributed by atoms with van der Waals surface area (Å²) in [6.45, 7) is 3.50. The Bertz CT molecular complexity index is 1160. The van der Waals surface area contributed by atoms with Crippen molar-refractivity contribution in [1.82, 2.24) is 14.7 Å². The second-order valence-corrected chi connectivity index (χ2v) is 9.53. The number of amides is 2. The van der Waals surface area contributed by atoms with E-state index in [1.807, 2.05) is 73.8 Å². The van der Waals surface area contributed by atoms with Gasteiger partial charge < -0.3 is 15.0 Å². The summed E-state index contributed by atoms with van der Waals surface area (Å²) in [5, 5.41) is 7.68. The van der Waals surface area contributed by atoms with Gasteiger partial charge in [0.05, 0.1) is 5.69 Å². The van der Waals surface area contributed by atoms with Crippen LogP contribution in [0.15, 0.2) is 66.9 Å². The van der Waals surface area contributed by atoms with Gasteiger partial charge in [-0.15, -0.1) is 5.10 Å². The van der Waals surface area contributed by atoms with Crippen LogP contribution in [0.2, 0.25) is 0 Å². The summed E-state index contributed by atoms with van der Waals surface area (Å²) in [6, 6.07) is 19.7. The molecule has 35 heavy (non-hydrogen) atoms. The number of hydrogen-bond donors (Lipinski definition) is 1. The first-order chi connectivity index (χ1) is 17.1. The number of para-hydroxylation sites is 1. The Morgan fingerprint density at radius 3 is 2.40 bits per heavy atom. The summed E-state index contributed by atoms with van der Waals surface area (Å²) < 4.78 is 7.26. The summed E-state index contributed by atoms with van der Waals surface area (Å²) >= 11 is 0. The number of likely N-dealkylation sites (tertiary alicyclic amines) is 1. The Labute approximate surface area is 206 Å². The number of benzene rings is 2. The summed E-state index contributed by atoms with van der Waals surface area (Å²) in [5.41, 5.74) is 2.71. The van der Waals surface area contributed by atoms with E-state index in [0.717, 1.165) is 55.7 Å². The zero-order valence-electron chi connectivity index (χ0n) is 20.1. The van der Waals surface area contributed by atoms with Crippen LogP contribution >= 0.6 is 0 Å². The van der Waals surface area contributed by atoms with Gasteiger partial charge in [-0.1, -0.05) is 48.5 Å². The van der Waals surface area contributed by atoms with Gasteiger partial charge in [-0.2, -0.15) is 0 Å². The number of ether oxygens (including phenoxy) is 1. The molecule has 1 aromatic heterocycles. The van der Waals surface area contributed by atoms with Gasteiger partial charge in [0.25, 0.3) is 0 Å². The van der Waals surface area contributed by atoms with Crippen LogP contribution in [0.3, 0.4) is 0 Å². The Kier molecular flexibility index (Phi) is 6.95. The summed E-state index contributed by atoms with van der Waals surface area (Å²) in [7, 11) is 0. The number of nitrogens with one attached hydrogen (secondary N) is 1. The molecule has 2 aliphatic rings. The number of carbonyl (C=O) groups is 2. The van der Waals surface area contributed by atoms with E-state index in [0.29, 0.717) is 11.7 Å². The van der Waals surface area contributed by atoms with Crippen molar-refractivity contribution in [2.24, 2.45) is 11.8 Å². The van der Waals surface area contributed by atoms with Crippen molar-refractivity contribution in [3.8, 4) is 16.8 Å². The van der Waals surface area contributed by atoms with E-state index >= 15 is 0 Å². The molecule has 1 N–H and O–H groups in total. The topological polar surface area (TPSA) is 76.5 Å². The van der Waals surface area contributed by atoms with E-state index in [-0.39, 0.29) is 30.3 Å². The van der Waals surface area contributed by atoms with Crippen LogP contribution in [-0.2, 0) is 14.3 Å². The number of aromatic nitrogens is 2. The fraction of sp³-hybridized carbons (Fsp3) is 0.393. The zero-order valence-corrected chi connectivity index (χ0v) is 20.1. The van der Waals surface area contributed by atoms with Gasteiger partial charge >= 0.3 is 0 Å².